The summed E-state index contributed by atoms with van der Waals surface area (Å²) in [5.74, 6) is 1.50. The van der Waals surface area contributed by atoms with Crippen molar-refractivity contribution in [2.75, 3.05) is 0 Å². The highest BCUT2D eigenvalue weighted by Gasteiger charge is 2.46. The van der Waals surface area contributed by atoms with Gasteiger partial charge in [-0.1, -0.05) is 159 Å². The van der Waals surface area contributed by atoms with Crippen LogP contribution in [0.2, 0.25) is 0 Å². The third-order valence-electron chi connectivity index (χ3n) is 11.2. The Hall–Kier alpha value is -6.58. The van der Waals surface area contributed by atoms with Crippen molar-refractivity contribution in [2.45, 2.75) is 25.7 Å². The van der Waals surface area contributed by atoms with Gasteiger partial charge in [0.25, 0.3) is 0 Å². The summed E-state index contributed by atoms with van der Waals surface area (Å²) in [6, 6.07) is 64.2. The molecule has 9 aromatic rings. The fraction of sp³-hybridized carbons (Fsp3) is 0.0980. The van der Waals surface area contributed by atoms with Gasteiger partial charge >= 0.3 is 0 Å². The average molecular weight is 694 g/mol. The number of pyridine rings is 1. The number of imidazole rings is 1. The molecule has 2 aromatic heterocycles. The van der Waals surface area contributed by atoms with Gasteiger partial charge in [-0.05, 0) is 92.7 Å². The molecule has 1 aliphatic carbocycles. The van der Waals surface area contributed by atoms with Gasteiger partial charge in [-0.25, -0.2) is 4.98 Å². The largest absolute Gasteiger partial charge is 0.291 e. The average Bonchev–Trinajstić information content (AvgIpc) is 3.76. The molecule has 0 saturated heterocycles. The molecule has 54 heavy (non-hydrogen) atoms. The molecule has 1 aliphatic rings. The van der Waals surface area contributed by atoms with Crippen molar-refractivity contribution in [1.82, 2.24) is 14.5 Å². The summed E-state index contributed by atoms with van der Waals surface area (Å²) in [5.41, 5.74) is 16.1. The molecule has 0 atom stereocenters. The zero-order valence-electron chi connectivity index (χ0n) is 30.4. The lowest BCUT2D eigenvalue weighted by molar-refractivity contribution is 0.646. The molecule has 0 amide bonds. The Morgan fingerprint density at radius 3 is 1.93 bits per heavy atom. The Morgan fingerprint density at radius 1 is 0.537 bits per heavy atom. The first-order valence-corrected chi connectivity index (χ1v) is 18.9. The molecule has 0 saturated carbocycles. The van der Waals surface area contributed by atoms with Gasteiger partial charge in [0.05, 0.1) is 33.8 Å². The maximum absolute atomic E-state index is 5.15. The van der Waals surface area contributed by atoms with E-state index < -0.39 is 5.41 Å². The van der Waals surface area contributed by atoms with E-state index >= 15 is 0 Å². The second-order valence-electron chi connectivity index (χ2n) is 14.9. The van der Waals surface area contributed by atoms with Crippen molar-refractivity contribution < 1.29 is 0 Å². The monoisotopic (exact) mass is 693 g/mol. The Morgan fingerprint density at radius 2 is 1.19 bits per heavy atom. The fourth-order valence-corrected chi connectivity index (χ4v) is 8.79. The topological polar surface area (TPSA) is 30.7 Å². The summed E-state index contributed by atoms with van der Waals surface area (Å²) >= 11 is 0. The second-order valence-corrected chi connectivity index (χ2v) is 14.9. The van der Waals surface area contributed by atoms with E-state index in [9.17, 15) is 0 Å². The highest BCUT2D eigenvalue weighted by atomic mass is 15.1. The van der Waals surface area contributed by atoms with Crippen LogP contribution in [0.3, 0.4) is 0 Å². The number of aromatic nitrogens is 3. The van der Waals surface area contributed by atoms with E-state index in [4.69, 9.17) is 9.97 Å². The molecule has 0 fully saturated rings. The summed E-state index contributed by atoms with van der Waals surface area (Å²) in [6.45, 7) is 4.57. The van der Waals surface area contributed by atoms with Crippen molar-refractivity contribution in [3.05, 3.63) is 210 Å². The van der Waals surface area contributed by atoms with Gasteiger partial charge in [-0.15, -0.1) is 0 Å². The summed E-state index contributed by atoms with van der Waals surface area (Å²) < 4.78 is 2.23. The molecular formula is C51H39N3. The lowest BCUT2D eigenvalue weighted by Gasteiger charge is -2.34. The minimum absolute atomic E-state index is 0.446. The smallest absolute Gasteiger partial charge is 0.145 e. The van der Waals surface area contributed by atoms with Crippen LogP contribution in [0.15, 0.2) is 182 Å². The molecule has 0 spiro atoms. The van der Waals surface area contributed by atoms with Gasteiger partial charge in [-0.3, -0.25) is 9.55 Å². The number of fused-ring (bicyclic) bond motifs is 5. The predicted molar refractivity (Wildman–Crippen MR) is 223 cm³/mol. The molecule has 10 rings (SSSR count). The summed E-state index contributed by atoms with van der Waals surface area (Å²) in [5, 5.41) is 1.10. The van der Waals surface area contributed by atoms with Crippen LogP contribution in [0, 0.1) is 5.92 Å². The molecule has 0 N–H and O–H groups in total. The van der Waals surface area contributed by atoms with Crippen molar-refractivity contribution in [3.63, 3.8) is 0 Å². The molecule has 0 radical (unpaired) electrons. The van der Waals surface area contributed by atoms with Crippen molar-refractivity contribution in [3.8, 4) is 39.3 Å². The first-order valence-electron chi connectivity index (χ1n) is 18.9. The molecular weight excluding hydrogens is 655 g/mol. The van der Waals surface area contributed by atoms with E-state index in [0.29, 0.717) is 5.92 Å². The quantitative estimate of drug-likeness (QED) is 0.166. The highest BCUT2D eigenvalue weighted by Crippen LogP contribution is 2.56. The Balaban J connectivity index is 1.09. The first-order chi connectivity index (χ1) is 26.6. The van der Waals surface area contributed by atoms with Crippen LogP contribution in [-0.2, 0) is 11.8 Å². The van der Waals surface area contributed by atoms with E-state index in [2.05, 4.69) is 182 Å². The molecule has 258 valence electrons. The van der Waals surface area contributed by atoms with Gasteiger partial charge in [0.1, 0.15) is 5.82 Å². The SMILES string of the molecule is CC(C)Cc1ccc(C2(c3cccc(-c4ccc(-c5nc6ccccc6n5-c5cnc6ccccc6c5)cc4)c3)c3ccccc3-c3ccccc32)cc1. The Labute approximate surface area is 316 Å². The number of rotatable bonds is 7. The second kappa shape index (κ2) is 12.8. The number of benzene rings is 7. The molecule has 0 unspecified atom stereocenters. The zero-order chi connectivity index (χ0) is 36.2. The third kappa shape index (κ3) is 5.11. The van der Waals surface area contributed by atoms with Gasteiger partial charge in [0.2, 0.25) is 0 Å². The van der Waals surface area contributed by atoms with Crippen molar-refractivity contribution in [1.29, 1.82) is 0 Å². The summed E-state index contributed by atoms with van der Waals surface area (Å²) in [6.07, 6.45) is 3.02. The highest BCUT2D eigenvalue weighted by molar-refractivity contribution is 5.88. The lowest BCUT2D eigenvalue weighted by Crippen LogP contribution is -2.28. The van der Waals surface area contributed by atoms with Crippen LogP contribution in [0.4, 0.5) is 0 Å². The number of hydrogen-bond donors (Lipinski definition) is 0. The maximum Gasteiger partial charge on any atom is 0.145 e. The predicted octanol–water partition coefficient (Wildman–Crippen LogP) is 12.5. The molecule has 0 aliphatic heterocycles. The van der Waals surface area contributed by atoms with Gasteiger partial charge in [0.15, 0.2) is 0 Å². The third-order valence-corrected chi connectivity index (χ3v) is 11.2. The van der Waals surface area contributed by atoms with Crippen LogP contribution in [0.25, 0.3) is 61.3 Å². The van der Waals surface area contributed by atoms with Crippen LogP contribution < -0.4 is 0 Å². The fourth-order valence-electron chi connectivity index (χ4n) is 8.79. The standard InChI is InChI=1S/C51H39N3/c1-34(2)30-35-22-28-40(29-23-35)51(45-17-6-4-15-43(45)44-16-5-7-18-46(44)51)41-14-11-13-38(31-41)36-24-26-37(27-25-36)50-53-48-20-9-10-21-49(48)54(50)42-32-39-12-3-8-19-47(39)52-33-42/h3-29,31-34H,30H2,1-2H3. The van der Waals surface area contributed by atoms with Crippen LogP contribution in [0.1, 0.15) is 41.7 Å². The van der Waals surface area contributed by atoms with Crippen LogP contribution in [0.5, 0.6) is 0 Å². The maximum atomic E-state index is 5.15. The van der Waals surface area contributed by atoms with Gasteiger partial charge < -0.3 is 0 Å². The van der Waals surface area contributed by atoms with Crippen LogP contribution >= 0.6 is 0 Å². The van der Waals surface area contributed by atoms with E-state index in [1.54, 1.807) is 0 Å². The van der Waals surface area contributed by atoms with Crippen molar-refractivity contribution >= 4 is 21.9 Å². The summed E-state index contributed by atoms with van der Waals surface area (Å²) in [4.78, 5) is 9.95. The van der Waals surface area contributed by atoms with E-state index in [1.165, 1.54) is 44.5 Å². The molecule has 3 nitrogen and oxygen atoms in total. The normalized spacial score (nSPS) is 13.0. The molecule has 3 heteroatoms. The lowest BCUT2D eigenvalue weighted by atomic mass is 9.67. The molecule has 2 heterocycles. The first kappa shape index (κ1) is 32.1. The number of nitrogens with zero attached hydrogens (tertiary/aromatic N) is 3. The Kier molecular flexibility index (Phi) is 7.62. The Bertz CT molecular complexity index is 2780. The number of para-hydroxylation sites is 3. The minimum atomic E-state index is -0.446. The minimum Gasteiger partial charge on any atom is -0.291 e. The number of hydrogen-bond acceptors (Lipinski definition) is 2. The van der Waals surface area contributed by atoms with E-state index in [0.717, 1.165) is 51.0 Å². The molecule has 7 aromatic carbocycles. The van der Waals surface area contributed by atoms with E-state index in [1.807, 2.05) is 18.3 Å². The van der Waals surface area contributed by atoms with E-state index in [-0.39, 0.29) is 0 Å². The zero-order valence-corrected chi connectivity index (χ0v) is 30.4. The van der Waals surface area contributed by atoms with Crippen LogP contribution in [-0.4, -0.2) is 14.5 Å². The van der Waals surface area contributed by atoms with Gasteiger partial charge in [0, 0.05) is 10.9 Å². The molecule has 0 bridgehead atoms. The summed E-state index contributed by atoms with van der Waals surface area (Å²) in [7, 11) is 0. The van der Waals surface area contributed by atoms with Gasteiger partial charge in [-0.2, -0.15) is 0 Å². The van der Waals surface area contributed by atoms with Crippen molar-refractivity contribution in [2.24, 2.45) is 5.92 Å².